The fourth-order valence-electron chi connectivity index (χ4n) is 2.19. The van der Waals surface area contributed by atoms with Gasteiger partial charge in [-0.1, -0.05) is 42.5 Å². The second kappa shape index (κ2) is 3.32. The van der Waals surface area contributed by atoms with Gasteiger partial charge in [-0.25, -0.2) is 0 Å². The van der Waals surface area contributed by atoms with Crippen molar-refractivity contribution in [3.05, 3.63) is 48.0 Å². The molecule has 0 saturated carbocycles. The van der Waals surface area contributed by atoms with Crippen LogP contribution in [-0.4, -0.2) is 11.9 Å². The Morgan fingerprint density at radius 1 is 1.06 bits per heavy atom. The van der Waals surface area contributed by atoms with Crippen LogP contribution < -0.4 is 11.1 Å². The van der Waals surface area contributed by atoms with Crippen LogP contribution in [0.5, 0.6) is 0 Å². The van der Waals surface area contributed by atoms with Crippen molar-refractivity contribution >= 4 is 16.7 Å². The summed E-state index contributed by atoms with van der Waals surface area (Å²) >= 11 is 0. The Bertz CT molecular complexity index is 559. The standard InChI is InChI=1S/C13H12N2O/c14-11-12(15-13(11)16)10-7-3-5-8-4-1-2-6-9(8)10/h1-7,11-12H,14H2,(H,15,16)/t11-,12+/m0/s1. The Morgan fingerprint density at radius 2 is 1.81 bits per heavy atom. The summed E-state index contributed by atoms with van der Waals surface area (Å²) in [7, 11) is 0. The van der Waals surface area contributed by atoms with E-state index in [0.717, 1.165) is 10.9 Å². The maximum Gasteiger partial charge on any atom is 0.239 e. The highest BCUT2D eigenvalue weighted by Crippen LogP contribution is 2.29. The molecule has 0 bridgehead atoms. The van der Waals surface area contributed by atoms with Gasteiger partial charge in [0.05, 0.1) is 6.04 Å². The van der Waals surface area contributed by atoms with Gasteiger partial charge in [0.2, 0.25) is 5.91 Å². The summed E-state index contributed by atoms with van der Waals surface area (Å²) in [5.41, 5.74) is 6.88. The molecule has 1 fully saturated rings. The second-order valence-electron chi connectivity index (χ2n) is 4.08. The first-order valence-electron chi connectivity index (χ1n) is 5.31. The third-order valence-corrected chi connectivity index (χ3v) is 3.12. The minimum absolute atomic E-state index is 0.0430. The van der Waals surface area contributed by atoms with Gasteiger partial charge in [-0.05, 0) is 16.3 Å². The average Bonchev–Trinajstić information content (AvgIpc) is 2.35. The quantitative estimate of drug-likeness (QED) is 0.701. The molecule has 3 nitrogen and oxygen atoms in total. The molecule has 2 aromatic carbocycles. The largest absolute Gasteiger partial charge is 0.346 e. The molecule has 0 aromatic heterocycles. The first-order chi connectivity index (χ1) is 7.77. The van der Waals surface area contributed by atoms with Gasteiger partial charge in [-0.15, -0.1) is 0 Å². The van der Waals surface area contributed by atoms with Crippen LogP contribution in [0.3, 0.4) is 0 Å². The number of nitrogens with one attached hydrogen (secondary N) is 1. The molecular weight excluding hydrogens is 200 g/mol. The predicted octanol–water partition coefficient (Wildman–Crippen LogP) is 1.34. The normalized spacial score (nSPS) is 23.9. The van der Waals surface area contributed by atoms with E-state index in [1.807, 2.05) is 24.3 Å². The zero-order valence-corrected chi connectivity index (χ0v) is 8.68. The van der Waals surface area contributed by atoms with E-state index in [1.54, 1.807) is 0 Å². The monoisotopic (exact) mass is 212 g/mol. The Hall–Kier alpha value is -1.87. The lowest BCUT2D eigenvalue weighted by Crippen LogP contribution is -2.60. The van der Waals surface area contributed by atoms with Gasteiger partial charge >= 0.3 is 0 Å². The van der Waals surface area contributed by atoms with Crippen LogP contribution in [0.1, 0.15) is 11.6 Å². The van der Waals surface area contributed by atoms with Crippen LogP contribution in [0.25, 0.3) is 10.8 Å². The van der Waals surface area contributed by atoms with E-state index >= 15 is 0 Å². The summed E-state index contributed by atoms with van der Waals surface area (Å²) in [6, 6.07) is 13.7. The van der Waals surface area contributed by atoms with Gasteiger partial charge in [-0.2, -0.15) is 0 Å². The molecule has 0 spiro atoms. The van der Waals surface area contributed by atoms with Crippen molar-refractivity contribution in [2.24, 2.45) is 5.73 Å². The van der Waals surface area contributed by atoms with Crippen LogP contribution >= 0.6 is 0 Å². The molecular formula is C13H12N2O. The number of fused-ring (bicyclic) bond motifs is 1. The van der Waals surface area contributed by atoms with Crippen molar-refractivity contribution < 1.29 is 4.79 Å². The molecule has 16 heavy (non-hydrogen) atoms. The number of hydrogen-bond acceptors (Lipinski definition) is 2. The lowest BCUT2D eigenvalue weighted by atomic mass is 9.89. The maximum atomic E-state index is 11.1. The number of nitrogens with two attached hydrogens (primary N) is 1. The summed E-state index contributed by atoms with van der Waals surface area (Å²) in [4.78, 5) is 11.1. The van der Waals surface area contributed by atoms with Crippen LogP contribution in [0.15, 0.2) is 42.5 Å². The molecule has 0 aliphatic carbocycles. The van der Waals surface area contributed by atoms with Crippen molar-refractivity contribution in [2.45, 2.75) is 12.1 Å². The Balaban J connectivity index is 2.14. The minimum Gasteiger partial charge on any atom is -0.346 e. The predicted molar refractivity (Wildman–Crippen MR) is 62.8 cm³/mol. The van der Waals surface area contributed by atoms with Crippen LogP contribution in [0, 0.1) is 0 Å². The van der Waals surface area contributed by atoms with Crippen molar-refractivity contribution in [2.75, 3.05) is 0 Å². The summed E-state index contributed by atoms with van der Waals surface area (Å²) in [5, 5.41) is 5.17. The smallest absolute Gasteiger partial charge is 0.239 e. The fraction of sp³-hybridized carbons (Fsp3) is 0.154. The highest BCUT2D eigenvalue weighted by Gasteiger charge is 2.37. The van der Waals surface area contributed by atoms with Crippen LogP contribution in [0.2, 0.25) is 0 Å². The molecule has 3 heteroatoms. The van der Waals surface area contributed by atoms with Crippen molar-refractivity contribution in [3.8, 4) is 0 Å². The number of amides is 1. The average molecular weight is 212 g/mol. The van der Waals surface area contributed by atoms with Crippen LogP contribution in [-0.2, 0) is 4.79 Å². The van der Waals surface area contributed by atoms with Crippen molar-refractivity contribution in [1.29, 1.82) is 0 Å². The molecule has 1 saturated heterocycles. The minimum atomic E-state index is -0.411. The lowest BCUT2D eigenvalue weighted by Gasteiger charge is -2.34. The zero-order chi connectivity index (χ0) is 11.1. The van der Waals surface area contributed by atoms with Gasteiger partial charge in [-0.3, -0.25) is 4.79 Å². The summed E-state index contributed by atoms with van der Waals surface area (Å²) < 4.78 is 0. The molecule has 2 atom stereocenters. The maximum absolute atomic E-state index is 11.1. The Morgan fingerprint density at radius 3 is 2.56 bits per heavy atom. The number of benzene rings is 2. The van der Waals surface area contributed by atoms with Crippen molar-refractivity contribution in [3.63, 3.8) is 0 Å². The topological polar surface area (TPSA) is 55.1 Å². The van der Waals surface area contributed by atoms with E-state index in [9.17, 15) is 4.79 Å². The number of rotatable bonds is 1. The highest BCUT2D eigenvalue weighted by molar-refractivity contribution is 5.93. The van der Waals surface area contributed by atoms with Gasteiger partial charge in [0.15, 0.2) is 0 Å². The first-order valence-corrected chi connectivity index (χ1v) is 5.31. The van der Waals surface area contributed by atoms with E-state index in [0.29, 0.717) is 0 Å². The SMILES string of the molecule is N[C@@H]1C(=O)N[C@@H]1c1cccc2ccccc12. The summed E-state index contributed by atoms with van der Waals surface area (Å²) in [6.07, 6.45) is 0. The van der Waals surface area contributed by atoms with Crippen molar-refractivity contribution in [1.82, 2.24) is 5.32 Å². The molecule has 1 aliphatic heterocycles. The number of carbonyl (C=O) groups is 1. The molecule has 3 N–H and O–H groups in total. The lowest BCUT2D eigenvalue weighted by molar-refractivity contribution is -0.130. The Labute approximate surface area is 93.3 Å². The molecule has 1 heterocycles. The third-order valence-electron chi connectivity index (χ3n) is 3.12. The molecule has 1 aliphatic rings. The molecule has 0 unspecified atom stereocenters. The zero-order valence-electron chi connectivity index (χ0n) is 8.68. The number of carbonyl (C=O) groups excluding carboxylic acids is 1. The van der Waals surface area contributed by atoms with Gasteiger partial charge in [0.25, 0.3) is 0 Å². The van der Waals surface area contributed by atoms with E-state index in [-0.39, 0.29) is 11.9 Å². The van der Waals surface area contributed by atoms with Gasteiger partial charge < -0.3 is 11.1 Å². The summed E-state index contributed by atoms with van der Waals surface area (Å²) in [6.45, 7) is 0. The Kier molecular flexibility index (Phi) is 1.94. The number of β-lactam (4-membered cyclic amide) rings is 1. The van der Waals surface area contributed by atoms with E-state index < -0.39 is 6.04 Å². The van der Waals surface area contributed by atoms with E-state index in [1.165, 1.54) is 5.39 Å². The fourth-order valence-corrected chi connectivity index (χ4v) is 2.19. The summed E-state index contributed by atoms with van der Waals surface area (Å²) in [5.74, 6) is -0.0714. The van der Waals surface area contributed by atoms with Gasteiger partial charge in [0, 0.05) is 0 Å². The molecule has 2 aromatic rings. The van der Waals surface area contributed by atoms with E-state index in [4.69, 9.17) is 5.73 Å². The second-order valence-corrected chi connectivity index (χ2v) is 4.08. The molecule has 1 amide bonds. The highest BCUT2D eigenvalue weighted by atomic mass is 16.2. The number of hydrogen-bond donors (Lipinski definition) is 2. The van der Waals surface area contributed by atoms with Crippen LogP contribution in [0.4, 0.5) is 0 Å². The van der Waals surface area contributed by atoms with Gasteiger partial charge in [0.1, 0.15) is 6.04 Å². The molecule has 3 rings (SSSR count). The molecule has 0 radical (unpaired) electrons. The third kappa shape index (κ3) is 1.22. The molecule has 80 valence electrons. The van der Waals surface area contributed by atoms with E-state index in [2.05, 4.69) is 23.5 Å². The first kappa shape index (κ1) is 9.36.